The number of benzene rings is 1. The van der Waals surface area contributed by atoms with Crippen molar-refractivity contribution >= 4 is 0 Å². The summed E-state index contributed by atoms with van der Waals surface area (Å²) in [5.41, 5.74) is 4.47. The zero-order valence-corrected chi connectivity index (χ0v) is 13.4. The molecule has 0 amide bonds. The van der Waals surface area contributed by atoms with Crippen molar-refractivity contribution in [2.75, 3.05) is 6.54 Å². The van der Waals surface area contributed by atoms with E-state index >= 15 is 0 Å². The van der Waals surface area contributed by atoms with Gasteiger partial charge in [0.25, 0.3) is 0 Å². The molecule has 114 valence electrons. The highest BCUT2D eigenvalue weighted by atomic mass is 16.5. The predicted molar refractivity (Wildman–Crippen MR) is 86.5 cm³/mol. The molecule has 1 atom stereocenters. The summed E-state index contributed by atoms with van der Waals surface area (Å²) >= 11 is 0. The molecule has 0 bridgehead atoms. The molecular formula is C17H25N3O. The van der Waals surface area contributed by atoms with Crippen molar-refractivity contribution < 1.29 is 4.74 Å². The molecule has 4 heteroatoms. The summed E-state index contributed by atoms with van der Waals surface area (Å²) in [7, 11) is 0. The molecule has 0 aliphatic rings. The maximum atomic E-state index is 5.80. The van der Waals surface area contributed by atoms with Crippen LogP contribution in [0.15, 0.2) is 24.3 Å². The van der Waals surface area contributed by atoms with Gasteiger partial charge in [-0.05, 0) is 56.6 Å². The van der Waals surface area contributed by atoms with E-state index in [2.05, 4.69) is 55.3 Å². The Labute approximate surface area is 126 Å². The third-order valence-corrected chi connectivity index (χ3v) is 3.70. The fourth-order valence-corrected chi connectivity index (χ4v) is 2.14. The van der Waals surface area contributed by atoms with Gasteiger partial charge in [0.05, 0.1) is 17.5 Å². The molecule has 1 aromatic carbocycles. The average Bonchev–Trinajstić information content (AvgIpc) is 2.87. The second-order valence-corrected chi connectivity index (χ2v) is 5.32. The van der Waals surface area contributed by atoms with Crippen LogP contribution in [0.25, 0.3) is 11.3 Å². The Morgan fingerprint density at radius 3 is 2.57 bits per heavy atom. The quantitative estimate of drug-likeness (QED) is 0.817. The summed E-state index contributed by atoms with van der Waals surface area (Å²) in [6.07, 6.45) is 1.25. The third kappa shape index (κ3) is 3.85. The van der Waals surface area contributed by atoms with Gasteiger partial charge < -0.3 is 10.1 Å². The van der Waals surface area contributed by atoms with E-state index in [1.54, 1.807) is 0 Å². The number of ether oxygens (including phenoxy) is 1. The number of nitrogens with zero attached hydrogens (tertiary/aromatic N) is 1. The Kier molecular flexibility index (Phi) is 5.39. The van der Waals surface area contributed by atoms with Crippen LogP contribution >= 0.6 is 0 Å². The molecule has 0 saturated heterocycles. The second-order valence-electron chi connectivity index (χ2n) is 5.32. The Morgan fingerprint density at radius 2 is 1.95 bits per heavy atom. The number of hydrogen-bond acceptors (Lipinski definition) is 3. The van der Waals surface area contributed by atoms with Gasteiger partial charge in [-0.1, -0.05) is 13.8 Å². The van der Waals surface area contributed by atoms with Crippen LogP contribution in [-0.2, 0) is 6.54 Å². The molecule has 0 radical (unpaired) electrons. The van der Waals surface area contributed by atoms with Crippen molar-refractivity contribution in [2.24, 2.45) is 0 Å². The van der Waals surface area contributed by atoms with Crippen LogP contribution in [0, 0.1) is 6.92 Å². The van der Waals surface area contributed by atoms with E-state index in [0.717, 1.165) is 42.2 Å². The monoisotopic (exact) mass is 287 g/mol. The van der Waals surface area contributed by atoms with Gasteiger partial charge in [-0.25, -0.2) is 0 Å². The van der Waals surface area contributed by atoms with Crippen molar-refractivity contribution in [3.63, 3.8) is 0 Å². The van der Waals surface area contributed by atoms with Crippen LogP contribution in [0.1, 0.15) is 38.4 Å². The number of aromatic nitrogens is 2. The highest BCUT2D eigenvalue weighted by Gasteiger charge is 2.11. The zero-order valence-electron chi connectivity index (χ0n) is 13.4. The van der Waals surface area contributed by atoms with E-state index in [1.807, 2.05) is 12.1 Å². The van der Waals surface area contributed by atoms with E-state index in [0.29, 0.717) is 0 Å². The molecule has 21 heavy (non-hydrogen) atoms. The maximum Gasteiger partial charge on any atom is 0.119 e. The van der Waals surface area contributed by atoms with Crippen molar-refractivity contribution in [1.29, 1.82) is 0 Å². The average molecular weight is 287 g/mol. The second kappa shape index (κ2) is 7.27. The Balaban J connectivity index is 2.13. The van der Waals surface area contributed by atoms with Crippen molar-refractivity contribution in [1.82, 2.24) is 15.5 Å². The summed E-state index contributed by atoms with van der Waals surface area (Å²) < 4.78 is 5.80. The van der Waals surface area contributed by atoms with Gasteiger partial charge >= 0.3 is 0 Å². The van der Waals surface area contributed by atoms with Crippen LogP contribution in [0.5, 0.6) is 5.75 Å². The first-order valence-electron chi connectivity index (χ1n) is 7.67. The van der Waals surface area contributed by atoms with Crippen LogP contribution in [0.3, 0.4) is 0 Å². The topological polar surface area (TPSA) is 49.9 Å². The van der Waals surface area contributed by atoms with Crippen molar-refractivity contribution in [3.05, 3.63) is 35.5 Å². The van der Waals surface area contributed by atoms with E-state index in [1.165, 1.54) is 5.56 Å². The first-order chi connectivity index (χ1) is 10.2. The molecule has 4 nitrogen and oxygen atoms in total. The normalized spacial score (nSPS) is 12.4. The van der Waals surface area contributed by atoms with Gasteiger partial charge in [0, 0.05) is 12.1 Å². The highest BCUT2D eigenvalue weighted by Crippen LogP contribution is 2.25. The van der Waals surface area contributed by atoms with Gasteiger partial charge in [-0.2, -0.15) is 5.10 Å². The lowest BCUT2D eigenvalue weighted by atomic mass is 10.1. The first-order valence-corrected chi connectivity index (χ1v) is 7.67. The summed E-state index contributed by atoms with van der Waals surface area (Å²) in [6.45, 7) is 10.2. The fraction of sp³-hybridized carbons (Fsp3) is 0.471. The molecule has 2 rings (SSSR count). The Hall–Kier alpha value is -1.81. The summed E-state index contributed by atoms with van der Waals surface area (Å²) in [4.78, 5) is 0. The first kappa shape index (κ1) is 15.6. The van der Waals surface area contributed by atoms with Gasteiger partial charge in [0.2, 0.25) is 0 Å². The lowest BCUT2D eigenvalue weighted by Crippen LogP contribution is -2.12. The maximum absolute atomic E-state index is 5.80. The molecule has 1 unspecified atom stereocenters. The van der Waals surface area contributed by atoms with Gasteiger partial charge in [-0.3, -0.25) is 5.10 Å². The molecule has 1 heterocycles. The standard InChI is InChI=1S/C17H25N3O/c1-5-12(3)21-15-9-7-14(8-10-15)17-13(4)16(19-20-17)11-18-6-2/h7-10,12,18H,5-6,11H2,1-4H3,(H,19,20). The molecule has 0 spiro atoms. The van der Waals surface area contributed by atoms with Crippen molar-refractivity contribution in [2.45, 2.75) is 46.8 Å². The molecule has 0 aliphatic carbocycles. The van der Waals surface area contributed by atoms with E-state index in [4.69, 9.17) is 4.74 Å². The predicted octanol–water partition coefficient (Wildman–Crippen LogP) is 3.67. The molecule has 0 saturated carbocycles. The van der Waals surface area contributed by atoms with Gasteiger partial charge in [-0.15, -0.1) is 0 Å². The number of nitrogens with one attached hydrogen (secondary N) is 2. The smallest absolute Gasteiger partial charge is 0.119 e. The fourth-order valence-electron chi connectivity index (χ4n) is 2.14. The molecule has 0 aliphatic heterocycles. The Bertz CT molecular complexity index is 560. The number of rotatable bonds is 7. The van der Waals surface area contributed by atoms with Crippen LogP contribution < -0.4 is 10.1 Å². The minimum atomic E-state index is 0.245. The van der Waals surface area contributed by atoms with Gasteiger partial charge in [0.1, 0.15) is 5.75 Å². The molecule has 2 aromatic rings. The summed E-state index contributed by atoms with van der Waals surface area (Å²) in [6, 6.07) is 8.16. The minimum Gasteiger partial charge on any atom is -0.491 e. The lowest BCUT2D eigenvalue weighted by molar-refractivity contribution is 0.217. The van der Waals surface area contributed by atoms with Crippen molar-refractivity contribution in [3.8, 4) is 17.0 Å². The molecule has 1 aromatic heterocycles. The molecule has 0 fully saturated rings. The number of H-pyrrole nitrogens is 1. The number of hydrogen-bond donors (Lipinski definition) is 2. The SMILES string of the molecule is CCNCc1[nH]nc(-c2ccc(OC(C)CC)cc2)c1C. The molecule has 2 N–H and O–H groups in total. The Morgan fingerprint density at radius 1 is 1.24 bits per heavy atom. The van der Waals surface area contributed by atoms with Gasteiger partial charge in [0.15, 0.2) is 0 Å². The van der Waals surface area contributed by atoms with Crippen LogP contribution in [0.2, 0.25) is 0 Å². The van der Waals surface area contributed by atoms with E-state index < -0.39 is 0 Å². The van der Waals surface area contributed by atoms with E-state index in [9.17, 15) is 0 Å². The zero-order chi connectivity index (χ0) is 15.2. The largest absolute Gasteiger partial charge is 0.491 e. The van der Waals surface area contributed by atoms with Crippen LogP contribution in [0.4, 0.5) is 0 Å². The third-order valence-electron chi connectivity index (χ3n) is 3.70. The number of aromatic amines is 1. The lowest BCUT2D eigenvalue weighted by Gasteiger charge is -2.12. The highest BCUT2D eigenvalue weighted by molar-refractivity contribution is 5.64. The minimum absolute atomic E-state index is 0.245. The van der Waals surface area contributed by atoms with Crippen LogP contribution in [-0.4, -0.2) is 22.8 Å². The van der Waals surface area contributed by atoms with E-state index in [-0.39, 0.29) is 6.10 Å². The molecular weight excluding hydrogens is 262 g/mol. The summed E-state index contributed by atoms with van der Waals surface area (Å²) in [5, 5.41) is 10.9. The summed E-state index contributed by atoms with van der Waals surface area (Å²) in [5.74, 6) is 0.911.